The van der Waals surface area contributed by atoms with E-state index in [-0.39, 0.29) is 5.60 Å². The van der Waals surface area contributed by atoms with Gasteiger partial charge in [0.1, 0.15) is 5.76 Å². The average molecular weight is 319 g/mol. The molecule has 1 aromatic heterocycles. The molecule has 3 saturated heterocycles. The van der Waals surface area contributed by atoms with Crippen LogP contribution in [0.4, 0.5) is 0 Å². The maximum absolute atomic E-state index is 12.0. The van der Waals surface area contributed by atoms with E-state index in [1.54, 1.807) is 0 Å². The first kappa shape index (κ1) is 15.1. The highest BCUT2D eigenvalue weighted by molar-refractivity contribution is 5.78. The minimum Gasteiger partial charge on any atom is -0.373 e. The van der Waals surface area contributed by atoms with E-state index in [9.17, 15) is 4.79 Å². The first-order chi connectivity index (χ1) is 11.1. The molecule has 0 aliphatic carbocycles. The van der Waals surface area contributed by atoms with Crippen LogP contribution in [-0.4, -0.2) is 58.7 Å². The smallest absolute Gasteiger partial charge is 0.222 e. The van der Waals surface area contributed by atoms with Crippen LogP contribution in [0.25, 0.3) is 0 Å². The number of carbonyl (C=O) groups excluding carboxylic acids is 1. The number of aromatic nitrogens is 1. The normalized spacial score (nSPS) is 32.3. The highest BCUT2D eigenvalue weighted by Crippen LogP contribution is 2.37. The van der Waals surface area contributed by atoms with Gasteiger partial charge in [-0.05, 0) is 32.6 Å². The molecule has 1 amide bonds. The molecule has 6 heteroatoms. The van der Waals surface area contributed by atoms with Crippen molar-refractivity contribution in [3.05, 3.63) is 17.5 Å². The molecule has 0 radical (unpaired) electrons. The van der Waals surface area contributed by atoms with Gasteiger partial charge in [0.05, 0.1) is 11.3 Å². The van der Waals surface area contributed by atoms with Crippen LogP contribution in [0, 0.1) is 6.92 Å². The summed E-state index contributed by atoms with van der Waals surface area (Å²) in [7, 11) is 0. The van der Waals surface area contributed by atoms with Crippen LogP contribution in [-0.2, 0) is 16.1 Å². The highest BCUT2D eigenvalue weighted by atomic mass is 16.5. The van der Waals surface area contributed by atoms with Crippen molar-refractivity contribution in [2.45, 2.75) is 57.2 Å². The van der Waals surface area contributed by atoms with Gasteiger partial charge >= 0.3 is 0 Å². The number of aryl methyl sites for hydroxylation is 1. The van der Waals surface area contributed by atoms with Gasteiger partial charge in [0.15, 0.2) is 0 Å². The van der Waals surface area contributed by atoms with E-state index in [0.29, 0.717) is 11.9 Å². The van der Waals surface area contributed by atoms with E-state index in [2.05, 4.69) is 15.0 Å². The molecule has 3 aliphatic heterocycles. The Balaban J connectivity index is 1.39. The van der Waals surface area contributed by atoms with Crippen LogP contribution in [0.1, 0.15) is 43.6 Å². The zero-order valence-electron chi connectivity index (χ0n) is 13.8. The van der Waals surface area contributed by atoms with Crippen LogP contribution in [0.15, 0.2) is 10.6 Å². The molecule has 0 aromatic carbocycles. The van der Waals surface area contributed by atoms with E-state index in [4.69, 9.17) is 9.26 Å². The molecule has 126 valence electrons. The first-order valence-electron chi connectivity index (χ1n) is 8.72. The van der Waals surface area contributed by atoms with Gasteiger partial charge in [-0.25, -0.2) is 0 Å². The fourth-order valence-electron chi connectivity index (χ4n) is 4.39. The second-order valence-corrected chi connectivity index (χ2v) is 7.26. The third-order valence-corrected chi connectivity index (χ3v) is 5.48. The summed E-state index contributed by atoms with van der Waals surface area (Å²) in [6, 6.07) is 2.37. The standard InChI is InChI=1S/C17H25N3O3/c1-13-9-14(18-23-13)11-19-7-5-17(12-19)10-15(4-8-22-17)20-6-2-3-16(20)21/h9,15H,2-8,10-12H2,1H3/t15-,17+/m1/s1. The van der Waals surface area contributed by atoms with Gasteiger partial charge < -0.3 is 14.2 Å². The predicted octanol–water partition coefficient (Wildman–Crippen LogP) is 1.73. The molecule has 0 saturated carbocycles. The third-order valence-electron chi connectivity index (χ3n) is 5.48. The van der Waals surface area contributed by atoms with Crippen molar-refractivity contribution in [1.82, 2.24) is 15.0 Å². The summed E-state index contributed by atoms with van der Waals surface area (Å²) in [5.41, 5.74) is 0.909. The van der Waals surface area contributed by atoms with Gasteiger partial charge in [-0.15, -0.1) is 0 Å². The fraction of sp³-hybridized carbons (Fsp3) is 0.765. The first-order valence-corrected chi connectivity index (χ1v) is 8.72. The Morgan fingerprint density at radius 3 is 3.09 bits per heavy atom. The average Bonchev–Trinajstić information content (AvgIpc) is 3.22. The Morgan fingerprint density at radius 2 is 2.35 bits per heavy atom. The fourth-order valence-corrected chi connectivity index (χ4v) is 4.39. The summed E-state index contributed by atoms with van der Waals surface area (Å²) in [6.07, 6.45) is 4.74. The number of amides is 1. The molecular weight excluding hydrogens is 294 g/mol. The van der Waals surface area contributed by atoms with Crippen molar-refractivity contribution in [3.8, 4) is 0 Å². The van der Waals surface area contributed by atoms with Crippen LogP contribution in [0.3, 0.4) is 0 Å². The molecule has 6 nitrogen and oxygen atoms in total. The second-order valence-electron chi connectivity index (χ2n) is 7.26. The Kier molecular flexibility index (Phi) is 3.89. The number of nitrogens with zero attached hydrogens (tertiary/aromatic N) is 3. The maximum Gasteiger partial charge on any atom is 0.222 e. The maximum atomic E-state index is 12.0. The Hall–Kier alpha value is -1.40. The van der Waals surface area contributed by atoms with Crippen molar-refractivity contribution in [3.63, 3.8) is 0 Å². The number of rotatable bonds is 3. The largest absolute Gasteiger partial charge is 0.373 e. The quantitative estimate of drug-likeness (QED) is 0.849. The second kappa shape index (κ2) is 5.91. The van der Waals surface area contributed by atoms with Crippen LogP contribution < -0.4 is 0 Å². The van der Waals surface area contributed by atoms with Gasteiger partial charge in [0.25, 0.3) is 0 Å². The topological polar surface area (TPSA) is 58.8 Å². The number of ether oxygens (including phenoxy) is 1. The van der Waals surface area contributed by atoms with Crippen LogP contribution in [0.2, 0.25) is 0 Å². The van der Waals surface area contributed by atoms with Gasteiger partial charge in [0, 0.05) is 51.3 Å². The molecule has 4 rings (SSSR count). The number of carbonyl (C=O) groups is 1. The van der Waals surface area contributed by atoms with Gasteiger partial charge in [0.2, 0.25) is 5.91 Å². The Labute approximate surface area is 136 Å². The number of hydrogen-bond acceptors (Lipinski definition) is 5. The number of hydrogen-bond donors (Lipinski definition) is 0. The summed E-state index contributed by atoms with van der Waals surface area (Å²) in [6.45, 7) is 6.39. The molecule has 1 aromatic rings. The van der Waals surface area contributed by atoms with Crippen LogP contribution in [0.5, 0.6) is 0 Å². The molecule has 3 aliphatic rings. The van der Waals surface area contributed by atoms with E-state index in [0.717, 1.165) is 76.3 Å². The molecule has 1 spiro atoms. The highest BCUT2D eigenvalue weighted by Gasteiger charge is 2.45. The molecule has 23 heavy (non-hydrogen) atoms. The summed E-state index contributed by atoms with van der Waals surface area (Å²) in [4.78, 5) is 16.5. The molecular formula is C17H25N3O3. The van der Waals surface area contributed by atoms with Gasteiger partial charge in [-0.2, -0.15) is 0 Å². The van der Waals surface area contributed by atoms with Crippen molar-refractivity contribution in [1.29, 1.82) is 0 Å². The predicted molar refractivity (Wildman–Crippen MR) is 83.8 cm³/mol. The SMILES string of the molecule is Cc1cc(CN2CC[C@]3(C[C@H](N4CCCC4=O)CCO3)C2)no1. The Bertz CT molecular complexity index is 587. The minimum atomic E-state index is -0.0788. The summed E-state index contributed by atoms with van der Waals surface area (Å²) in [5, 5.41) is 4.09. The molecule has 4 heterocycles. The number of likely N-dealkylation sites (tertiary alicyclic amines) is 2. The lowest BCUT2D eigenvalue weighted by atomic mass is 9.89. The van der Waals surface area contributed by atoms with Crippen molar-refractivity contribution in [2.24, 2.45) is 0 Å². The van der Waals surface area contributed by atoms with Crippen molar-refractivity contribution < 1.29 is 14.1 Å². The Morgan fingerprint density at radius 1 is 1.43 bits per heavy atom. The van der Waals surface area contributed by atoms with E-state index < -0.39 is 0 Å². The zero-order chi connectivity index (χ0) is 15.9. The van der Waals surface area contributed by atoms with Crippen molar-refractivity contribution >= 4 is 5.91 Å². The minimum absolute atomic E-state index is 0.0788. The van der Waals surface area contributed by atoms with E-state index >= 15 is 0 Å². The lowest BCUT2D eigenvalue weighted by Crippen LogP contribution is -2.50. The summed E-state index contributed by atoms with van der Waals surface area (Å²) < 4.78 is 11.4. The lowest BCUT2D eigenvalue weighted by molar-refractivity contribution is -0.137. The lowest BCUT2D eigenvalue weighted by Gasteiger charge is -2.41. The molecule has 2 atom stereocenters. The van der Waals surface area contributed by atoms with E-state index in [1.807, 2.05) is 13.0 Å². The third kappa shape index (κ3) is 3.02. The molecule has 0 unspecified atom stereocenters. The van der Waals surface area contributed by atoms with Crippen LogP contribution >= 0.6 is 0 Å². The molecule has 0 N–H and O–H groups in total. The zero-order valence-corrected chi connectivity index (χ0v) is 13.8. The molecule has 0 bridgehead atoms. The molecule has 3 fully saturated rings. The van der Waals surface area contributed by atoms with Crippen molar-refractivity contribution in [2.75, 3.05) is 26.2 Å². The van der Waals surface area contributed by atoms with Gasteiger partial charge in [-0.1, -0.05) is 5.16 Å². The van der Waals surface area contributed by atoms with Gasteiger partial charge in [-0.3, -0.25) is 9.69 Å². The summed E-state index contributed by atoms with van der Waals surface area (Å²) in [5.74, 6) is 1.19. The van der Waals surface area contributed by atoms with E-state index in [1.165, 1.54) is 0 Å². The monoisotopic (exact) mass is 319 g/mol. The summed E-state index contributed by atoms with van der Waals surface area (Å²) >= 11 is 0.